The van der Waals surface area contributed by atoms with Crippen LogP contribution in [0.4, 0.5) is 0 Å². The summed E-state index contributed by atoms with van der Waals surface area (Å²) in [6.45, 7) is -0.750. The number of rotatable bonds is 0. The van der Waals surface area contributed by atoms with E-state index in [1.165, 1.54) is 0 Å². The molecule has 0 fully saturated rings. The van der Waals surface area contributed by atoms with Gasteiger partial charge in [-0.15, -0.1) is 0 Å². The van der Waals surface area contributed by atoms with E-state index in [4.69, 9.17) is 29.7 Å². The first kappa shape index (κ1) is 26.2. The van der Waals surface area contributed by atoms with Gasteiger partial charge in [-0.2, -0.15) is 0 Å². The van der Waals surface area contributed by atoms with Crippen molar-refractivity contribution in [3.8, 4) is 0 Å². The van der Waals surface area contributed by atoms with Gasteiger partial charge in [-0.3, -0.25) is 14.4 Å². The molecular formula is C3H6CmO6. The molecule has 0 atom stereocenters. The van der Waals surface area contributed by atoms with Gasteiger partial charge in [0.15, 0.2) is 0 Å². The van der Waals surface area contributed by atoms with Crippen LogP contribution in [0.25, 0.3) is 0 Å². The third kappa shape index (κ3) is 15.7. The van der Waals surface area contributed by atoms with E-state index in [0.717, 1.165) is 0 Å². The summed E-state index contributed by atoms with van der Waals surface area (Å²) < 4.78 is 0. The van der Waals surface area contributed by atoms with Crippen molar-refractivity contribution in [1.82, 2.24) is 0 Å². The molecular weight excluding hydrogens is 379 g/mol. The zero-order chi connectivity index (χ0) is 8.12. The Labute approximate surface area is 50.3 Å². The van der Waals surface area contributed by atoms with Crippen LogP contribution in [-0.4, -0.2) is 34.7 Å². The van der Waals surface area contributed by atoms with Crippen molar-refractivity contribution in [2.24, 2.45) is 0 Å². The van der Waals surface area contributed by atoms with Crippen LogP contribution in [0.3, 0.4) is 0 Å². The minimum absolute atomic E-state index is 0. The van der Waals surface area contributed by atoms with Crippen molar-refractivity contribution in [2.75, 3.05) is 0 Å². The summed E-state index contributed by atoms with van der Waals surface area (Å²) in [5, 5.41) is 20.7. The van der Waals surface area contributed by atoms with E-state index in [1.807, 2.05) is 0 Å². The van der Waals surface area contributed by atoms with E-state index < -0.39 is 0 Å². The van der Waals surface area contributed by atoms with Crippen LogP contribution in [0.1, 0.15) is 0 Å². The summed E-state index contributed by atoms with van der Waals surface area (Å²) in [7, 11) is 0. The van der Waals surface area contributed by atoms with E-state index >= 15 is 0 Å². The fraction of sp³-hybridized carbons (Fsp3) is 0. The Morgan fingerprint density at radius 1 is 0.700 bits per heavy atom. The van der Waals surface area contributed by atoms with E-state index in [2.05, 4.69) is 0 Å². The minimum atomic E-state index is -0.250. The smallest absolute Gasteiger partial charge is 0.290 e. The molecule has 0 amide bonds. The number of carboxylic acid groups (broad SMARTS) is 3. The monoisotopic (exact) mass is 381 g/mol. The van der Waals surface area contributed by atoms with Crippen LogP contribution < -0.4 is 0 Å². The van der Waals surface area contributed by atoms with Gasteiger partial charge in [0.25, 0.3) is 19.4 Å². The summed E-state index contributed by atoms with van der Waals surface area (Å²) >= 11 is 0. The topological polar surface area (TPSA) is 112 Å². The average Bonchev–Trinajstić information content (AvgIpc) is 1.70. The van der Waals surface area contributed by atoms with Gasteiger partial charge >= 0.3 is 0 Å². The number of hydrogen-bond donors (Lipinski definition) is 3. The molecule has 0 heterocycles. The SMILES string of the molecule is O=CO.O=CO.O=CO.[Cm]. The quantitative estimate of drug-likeness (QED) is 0.467. The molecule has 0 saturated heterocycles. The van der Waals surface area contributed by atoms with Crippen LogP contribution >= 0.6 is 0 Å². The molecule has 3 N–H and O–H groups in total. The van der Waals surface area contributed by atoms with Crippen LogP contribution in [0.2, 0.25) is 0 Å². The van der Waals surface area contributed by atoms with Crippen molar-refractivity contribution in [3.63, 3.8) is 0 Å². The Morgan fingerprint density at radius 3 is 0.700 bits per heavy atom. The molecule has 6 nitrogen and oxygen atoms in total. The maximum atomic E-state index is 8.36. The third-order valence-corrected chi connectivity index (χ3v) is 0. The zero-order valence-corrected chi connectivity index (χ0v) is 7.60. The first-order valence-electron chi connectivity index (χ1n) is 1.48. The maximum absolute atomic E-state index is 8.36. The molecule has 0 aliphatic heterocycles. The first-order valence-corrected chi connectivity index (χ1v) is 1.48. The molecule has 0 saturated carbocycles. The van der Waals surface area contributed by atoms with Gasteiger partial charge in [0.05, 0.1) is 0 Å². The molecule has 0 unspecified atom stereocenters. The van der Waals surface area contributed by atoms with Crippen molar-refractivity contribution in [3.05, 3.63) is 0 Å². The van der Waals surface area contributed by atoms with E-state index in [9.17, 15) is 0 Å². The predicted molar refractivity (Wildman–Crippen MR) is 26.1 cm³/mol. The molecule has 62 valence electrons. The Kier molecular flexibility index (Phi) is 2920. The maximum Gasteiger partial charge on any atom is 0.290 e. The summed E-state index contributed by atoms with van der Waals surface area (Å²) in [6.07, 6.45) is 0. The summed E-state index contributed by atoms with van der Waals surface area (Å²) in [4.78, 5) is 25.1. The fourth-order valence-electron chi connectivity index (χ4n) is 0. The van der Waals surface area contributed by atoms with Gasteiger partial charge in [-0.25, -0.2) is 0 Å². The fourth-order valence-corrected chi connectivity index (χ4v) is 0. The number of carbonyl (C=O) groups is 3. The average molecular weight is 385 g/mol. The van der Waals surface area contributed by atoms with Crippen LogP contribution in [0, 0.1) is 0 Å². The normalized spacial score (nSPS) is 3.60. The molecule has 0 aromatic rings. The van der Waals surface area contributed by atoms with Gasteiger partial charge in [0.1, 0.15) is 0 Å². The molecule has 10 heavy (non-hydrogen) atoms. The molecule has 0 aliphatic carbocycles. The zero-order valence-electron chi connectivity index (χ0n) is 4.65. The standard InChI is InChI=1S/3CH2O2.Cm/c3*2-1-3;/h3*1H,(H,2,3);. The summed E-state index contributed by atoms with van der Waals surface area (Å²) in [5.41, 5.74) is 0. The summed E-state index contributed by atoms with van der Waals surface area (Å²) in [6, 6.07) is 0. The molecule has 0 aromatic carbocycles. The van der Waals surface area contributed by atoms with Gasteiger partial charge in [0.2, 0.25) is 0 Å². The molecule has 0 aromatic heterocycles. The van der Waals surface area contributed by atoms with Gasteiger partial charge < -0.3 is 15.3 Å². The second-order valence-electron chi connectivity index (χ2n) is 0.316. The number of hydrogen-bond acceptors (Lipinski definition) is 3. The Hall–Kier alpha value is -2.59. The molecule has 0 spiro atoms. The van der Waals surface area contributed by atoms with E-state index in [1.54, 1.807) is 0 Å². The van der Waals surface area contributed by atoms with Gasteiger partial charge in [-0.1, -0.05) is 0 Å². The summed E-state index contributed by atoms with van der Waals surface area (Å²) in [5.74, 6) is 0. The Morgan fingerprint density at radius 2 is 0.700 bits per heavy atom. The van der Waals surface area contributed by atoms with Gasteiger partial charge in [0, 0.05) is 0 Å². The van der Waals surface area contributed by atoms with Crippen molar-refractivity contribution in [2.45, 2.75) is 0 Å². The van der Waals surface area contributed by atoms with E-state index in [-0.39, 0.29) is 19.4 Å². The molecule has 0 aliphatic rings. The second-order valence-corrected chi connectivity index (χ2v) is 0.316. The van der Waals surface area contributed by atoms with Crippen LogP contribution in [-0.2, 0) is 14.4 Å². The van der Waals surface area contributed by atoms with Crippen LogP contribution in [0.5, 0.6) is 0 Å². The largest absolute Gasteiger partial charge is 0.483 e. The van der Waals surface area contributed by atoms with Crippen molar-refractivity contribution in [1.29, 1.82) is 0 Å². The molecule has 0 radical (unpaired) electrons. The second kappa shape index (κ2) is 1120. The van der Waals surface area contributed by atoms with Crippen molar-refractivity contribution >= 4 is 19.4 Å². The van der Waals surface area contributed by atoms with Crippen LogP contribution in [0.15, 0.2) is 0 Å². The van der Waals surface area contributed by atoms with E-state index in [0.29, 0.717) is 0 Å². The van der Waals surface area contributed by atoms with Gasteiger partial charge in [-0.05, 0) is 0 Å². The third-order valence-electron chi connectivity index (χ3n) is 0. The Balaban J connectivity index is -0.0000000257. The molecule has 0 rings (SSSR count). The molecule has 0 bridgehead atoms. The predicted octanol–water partition coefficient (Wildman–Crippen LogP) is -0.898. The molecule has 7 heteroatoms. The van der Waals surface area contributed by atoms with Crippen molar-refractivity contribution < 1.29 is 29.7 Å². The first-order chi connectivity index (χ1) is 4.24. The minimum Gasteiger partial charge on any atom is -0.483 e. The Bertz CT molecular complexity index is 49.7.